The fourth-order valence-corrected chi connectivity index (χ4v) is 2.25. The Morgan fingerprint density at radius 2 is 1.81 bits per heavy atom. The van der Waals surface area contributed by atoms with E-state index in [4.69, 9.17) is 23.5 Å². The lowest BCUT2D eigenvalue weighted by Gasteiger charge is -2.07. The van der Waals surface area contributed by atoms with Gasteiger partial charge in [0.2, 0.25) is 5.82 Å². The molecule has 0 bridgehead atoms. The molecule has 0 atom stereocenters. The number of nitrogens with zero attached hydrogens (tertiary/aromatic N) is 2. The molecule has 0 spiro atoms. The van der Waals surface area contributed by atoms with Crippen molar-refractivity contribution >= 4 is 5.97 Å². The Hall–Kier alpha value is -3.55. The second-order valence-corrected chi connectivity index (χ2v) is 5.34. The Morgan fingerprint density at radius 1 is 1.04 bits per heavy atom. The summed E-state index contributed by atoms with van der Waals surface area (Å²) in [5, 5.41) is 3.88. The Kier molecular flexibility index (Phi) is 5.88. The fraction of sp³-hybridized carbons (Fsp3) is 0.211. The molecule has 3 aromatic rings. The van der Waals surface area contributed by atoms with Gasteiger partial charge in [-0.25, -0.2) is 4.79 Å². The van der Waals surface area contributed by atoms with E-state index in [-0.39, 0.29) is 19.1 Å². The van der Waals surface area contributed by atoms with Crippen LogP contribution in [0.25, 0.3) is 11.4 Å². The minimum absolute atomic E-state index is 0.142. The number of carbonyl (C=O) groups is 1. The molecule has 3 rings (SSSR count). The fourth-order valence-electron chi connectivity index (χ4n) is 2.25. The van der Waals surface area contributed by atoms with Gasteiger partial charge >= 0.3 is 5.97 Å². The number of esters is 1. The topological polar surface area (TPSA) is 92.9 Å². The molecule has 0 amide bonds. The normalized spacial score (nSPS) is 10.3. The summed E-state index contributed by atoms with van der Waals surface area (Å²) < 4.78 is 25.9. The van der Waals surface area contributed by atoms with Crippen molar-refractivity contribution in [1.29, 1.82) is 0 Å². The minimum Gasteiger partial charge on any atom is -0.493 e. The van der Waals surface area contributed by atoms with E-state index in [9.17, 15) is 4.79 Å². The first-order chi connectivity index (χ1) is 13.2. The van der Waals surface area contributed by atoms with Crippen molar-refractivity contribution in [3.05, 3.63) is 54.4 Å². The Bertz CT molecular complexity index is 894. The molecule has 0 radical (unpaired) electrons. The lowest BCUT2D eigenvalue weighted by molar-refractivity contribution is -0.148. The maximum absolute atomic E-state index is 11.8. The van der Waals surface area contributed by atoms with Crippen LogP contribution >= 0.6 is 0 Å². The molecule has 8 nitrogen and oxygen atoms in total. The summed E-state index contributed by atoms with van der Waals surface area (Å²) in [7, 11) is 3.10. The van der Waals surface area contributed by atoms with Crippen LogP contribution < -0.4 is 14.2 Å². The highest BCUT2D eigenvalue weighted by Crippen LogP contribution is 2.31. The van der Waals surface area contributed by atoms with Gasteiger partial charge in [-0.1, -0.05) is 23.4 Å². The summed E-state index contributed by atoms with van der Waals surface area (Å²) in [4.78, 5) is 16.0. The first-order valence-electron chi connectivity index (χ1n) is 8.08. The summed E-state index contributed by atoms with van der Waals surface area (Å²) in [6.07, 6.45) is 0. The van der Waals surface area contributed by atoms with E-state index in [0.717, 1.165) is 0 Å². The third kappa shape index (κ3) is 4.75. The van der Waals surface area contributed by atoms with Crippen molar-refractivity contribution in [2.75, 3.05) is 20.8 Å². The minimum atomic E-state index is -0.537. The zero-order valence-corrected chi connectivity index (χ0v) is 14.9. The average Bonchev–Trinajstić information content (AvgIpc) is 3.20. The van der Waals surface area contributed by atoms with E-state index in [0.29, 0.717) is 28.6 Å². The molecule has 2 aromatic carbocycles. The molecule has 0 N–H and O–H groups in total. The van der Waals surface area contributed by atoms with Gasteiger partial charge in [0, 0.05) is 5.56 Å². The van der Waals surface area contributed by atoms with Crippen molar-refractivity contribution < 1.29 is 28.3 Å². The van der Waals surface area contributed by atoms with E-state index in [1.807, 2.05) is 18.2 Å². The van der Waals surface area contributed by atoms with E-state index in [2.05, 4.69) is 10.1 Å². The van der Waals surface area contributed by atoms with Crippen LogP contribution in [-0.2, 0) is 16.1 Å². The predicted molar refractivity (Wildman–Crippen MR) is 94.6 cm³/mol. The number of rotatable bonds is 8. The number of hydrogen-bond donors (Lipinski definition) is 0. The first-order valence-corrected chi connectivity index (χ1v) is 8.08. The van der Waals surface area contributed by atoms with Crippen LogP contribution in [0.5, 0.6) is 17.2 Å². The molecule has 0 fully saturated rings. The van der Waals surface area contributed by atoms with Gasteiger partial charge in [0.1, 0.15) is 5.75 Å². The number of ether oxygens (including phenoxy) is 4. The van der Waals surface area contributed by atoms with Gasteiger partial charge in [0.15, 0.2) is 24.7 Å². The SMILES string of the molecule is COc1ccc(-c2noc(COC(=O)COc3ccccc3)n2)cc1OC. The molecular weight excluding hydrogens is 352 g/mol. The third-order valence-electron chi connectivity index (χ3n) is 3.57. The Morgan fingerprint density at radius 3 is 2.56 bits per heavy atom. The summed E-state index contributed by atoms with van der Waals surface area (Å²) in [5.74, 6) is 1.71. The van der Waals surface area contributed by atoms with Crippen molar-refractivity contribution in [3.8, 4) is 28.6 Å². The third-order valence-corrected chi connectivity index (χ3v) is 3.57. The van der Waals surface area contributed by atoms with Crippen LogP contribution in [0.3, 0.4) is 0 Å². The highest BCUT2D eigenvalue weighted by atomic mass is 16.6. The summed E-state index contributed by atoms with van der Waals surface area (Å²) in [5.41, 5.74) is 0.682. The van der Waals surface area contributed by atoms with Crippen LogP contribution in [0.15, 0.2) is 53.1 Å². The number of carbonyl (C=O) groups excluding carboxylic acids is 1. The number of methoxy groups -OCH3 is 2. The van der Waals surface area contributed by atoms with Gasteiger partial charge < -0.3 is 23.5 Å². The summed E-state index contributed by atoms with van der Waals surface area (Å²) in [6.45, 7) is -0.349. The number of aromatic nitrogens is 2. The van der Waals surface area contributed by atoms with E-state index in [1.54, 1.807) is 44.6 Å². The van der Waals surface area contributed by atoms with Crippen molar-refractivity contribution in [2.45, 2.75) is 6.61 Å². The van der Waals surface area contributed by atoms with Crippen molar-refractivity contribution in [1.82, 2.24) is 10.1 Å². The lowest BCUT2D eigenvalue weighted by Crippen LogP contribution is -2.14. The molecule has 27 heavy (non-hydrogen) atoms. The molecule has 1 heterocycles. The van der Waals surface area contributed by atoms with Crippen LogP contribution in [-0.4, -0.2) is 36.9 Å². The van der Waals surface area contributed by atoms with Crippen LogP contribution in [0.4, 0.5) is 0 Å². The molecule has 0 unspecified atom stereocenters. The molecule has 0 saturated carbocycles. The molecule has 1 aromatic heterocycles. The van der Waals surface area contributed by atoms with Gasteiger partial charge in [-0.15, -0.1) is 0 Å². The molecule has 0 aliphatic rings. The lowest BCUT2D eigenvalue weighted by atomic mass is 10.2. The standard InChI is InChI=1S/C19H18N2O6/c1-23-15-9-8-13(10-16(15)24-2)19-20-17(27-21-19)11-26-18(22)12-25-14-6-4-3-5-7-14/h3-10H,11-12H2,1-2H3. The van der Waals surface area contributed by atoms with E-state index < -0.39 is 5.97 Å². The van der Waals surface area contributed by atoms with Gasteiger partial charge in [0.05, 0.1) is 14.2 Å². The Labute approximate surface area is 155 Å². The second kappa shape index (κ2) is 8.70. The van der Waals surface area contributed by atoms with Crippen LogP contribution in [0, 0.1) is 0 Å². The van der Waals surface area contributed by atoms with Gasteiger partial charge in [-0.3, -0.25) is 0 Å². The number of para-hydroxylation sites is 1. The maximum atomic E-state index is 11.8. The summed E-state index contributed by atoms with van der Waals surface area (Å²) in [6, 6.07) is 14.2. The molecule has 0 aliphatic carbocycles. The maximum Gasteiger partial charge on any atom is 0.344 e. The van der Waals surface area contributed by atoms with Gasteiger partial charge in [0.25, 0.3) is 5.89 Å². The largest absolute Gasteiger partial charge is 0.493 e. The monoisotopic (exact) mass is 370 g/mol. The van der Waals surface area contributed by atoms with Gasteiger partial charge in [-0.05, 0) is 30.3 Å². The van der Waals surface area contributed by atoms with E-state index >= 15 is 0 Å². The predicted octanol–water partition coefficient (Wildman–Crippen LogP) is 2.88. The zero-order chi connectivity index (χ0) is 19.1. The van der Waals surface area contributed by atoms with Crippen LogP contribution in [0.1, 0.15) is 5.89 Å². The molecule has 8 heteroatoms. The van der Waals surface area contributed by atoms with Gasteiger partial charge in [-0.2, -0.15) is 4.98 Å². The molecular formula is C19H18N2O6. The van der Waals surface area contributed by atoms with E-state index in [1.165, 1.54) is 0 Å². The highest BCUT2D eigenvalue weighted by molar-refractivity contribution is 5.71. The average molecular weight is 370 g/mol. The molecule has 140 valence electrons. The number of hydrogen-bond acceptors (Lipinski definition) is 8. The van der Waals surface area contributed by atoms with Crippen LogP contribution in [0.2, 0.25) is 0 Å². The molecule has 0 saturated heterocycles. The second-order valence-electron chi connectivity index (χ2n) is 5.34. The van der Waals surface area contributed by atoms with Crippen molar-refractivity contribution in [2.24, 2.45) is 0 Å². The smallest absolute Gasteiger partial charge is 0.344 e. The number of benzene rings is 2. The quantitative estimate of drug-likeness (QED) is 0.559. The zero-order valence-electron chi connectivity index (χ0n) is 14.9. The summed E-state index contributed by atoms with van der Waals surface area (Å²) >= 11 is 0. The first kappa shape index (κ1) is 18.2. The Balaban J connectivity index is 1.55. The molecule has 0 aliphatic heterocycles. The highest BCUT2D eigenvalue weighted by Gasteiger charge is 2.14. The van der Waals surface area contributed by atoms with Crippen molar-refractivity contribution in [3.63, 3.8) is 0 Å².